The molecule has 0 bridgehead atoms. The summed E-state index contributed by atoms with van der Waals surface area (Å²) in [5.41, 5.74) is 2.17. The first-order valence-corrected chi connectivity index (χ1v) is 9.80. The van der Waals surface area contributed by atoms with Crippen LogP contribution in [0.1, 0.15) is 42.7 Å². The number of amides is 1. The summed E-state index contributed by atoms with van der Waals surface area (Å²) < 4.78 is 15.1. The summed E-state index contributed by atoms with van der Waals surface area (Å²) >= 11 is 0. The van der Waals surface area contributed by atoms with E-state index in [1.807, 2.05) is 31.6 Å². The Morgan fingerprint density at radius 2 is 2.04 bits per heavy atom. The van der Waals surface area contributed by atoms with Gasteiger partial charge in [0.05, 0.1) is 12.1 Å². The summed E-state index contributed by atoms with van der Waals surface area (Å²) in [5.74, 6) is -0.0422. The van der Waals surface area contributed by atoms with Crippen LogP contribution in [0.5, 0.6) is 0 Å². The molecule has 4 rings (SSSR count). The number of aromatic nitrogens is 2. The van der Waals surface area contributed by atoms with Gasteiger partial charge in [-0.15, -0.1) is 0 Å². The molecule has 2 heterocycles. The standard InChI is InChI=1S/C21H27FN4O/c1-26-13-15(10-25-26)18-11-23-12-19(18)20(27)24-14-21(8-2-3-9-21)16-4-6-17(22)7-5-16/h4-7,10,13,18-19,23H,2-3,8-9,11-12,14H2,1H3,(H,24,27)/t18-,19+/m1/s1. The number of rotatable bonds is 5. The molecule has 1 amide bonds. The van der Waals surface area contributed by atoms with Crippen molar-refractivity contribution in [3.8, 4) is 0 Å². The van der Waals surface area contributed by atoms with E-state index in [-0.39, 0.29) is 29.0 Å². The predicted octanol–water partition coefficient (Wildman–Crippen LogP) is 2.49. The molecule has 2 aliphatic rings. The molecule has 2 aromatic rings. The minimum Gasteiger partial charge on any atom is -0.355 e. The van der Waals surface area contributed by atoms with Crippen LogP contribution in [-0.2, 0) is 17.3 Å². The van der Waals surface area contributed by atoms with Crippen LogP contribution in [0, 0.1) is 11.7 Å². The van der Waals surface area contributed by atoms with Gasteiger partial charge in [0.25, 0.3) is 0 Å². The second-order valence-electron chi connectivity index (χ2n) is 8.03. The Morgan fingerprint density at radius 1 is 1.30 bits per heavy atom. The largest absolute Gasteiger partial charge is 0.355 e. The number of benzene rings is 1. The van der Waals surface area contributed by atoms with Crippen molar-refractivity contribution in [1.82, 2.24) is 20.4 Å². The summed E-state index contributed by atoms with van der Waals surface area (Å²) in [6, 6.07) is 6.80. The molecule has 1 aromatic carbocycles. The fourth-order valence-corrected chi connectivity index (χ4v) is 4.75. The van der Waals surface area contributed by atoms with Gasteiger partial charge in [0.1, 0.15) is 5.82 Å². The maximum Gasteiger partial charge on any atom is 0.225 e. The molecule has 1 aliphatic heterocycles. The number of hydrogen-bond acceptors (Lipinski definition) is 3. The molecular formula is C21H27FN4O. The van der Waals surface area contributed by atoms with Crippen molar-refractivity contribution in [2.24, 2.45) is 13.0 Å². The van der Waals surface area contributed by atoms with E-state index in [0.29, 0.717) is 13.1 Å². The molecule has 0 radical (unpaired) electrons. The number of halogens is 1. The number of nitrogens with zero attached hydrogens (tertiary/aromatic N) is 2. The zero-order chi connectivity index (χ0) is 18.9. The van der Waals surface area contributed by atoms with Crippen LogP contribution < -0.4 is 10.6 Å². The molecule has 144 valence electrons. The molecule has 5 nitrogen and oxygen atoms in total. The van der Waals surface area contributed by atoms with Gasteiger partial charge < -0.3 is 10.6 Å². The van der Waals surface area contributed by atoms with Crippen molar-refractivity contribution in [1.29, 1.82) is 0 Å². The third-order valence-corrected chi connectivity index (χ3v) is 6.32. The van der Waals surface area contributed by atoms with Crippen LogP contribution in [0.3, 0.4) is 0 Å². The van der Waals surface area contributed by atoms with Gasteiger partial charge in [-0.3, -0.25) is 9.48 Å². The molecule has 1 aromatic heterocycles. The molecule has 2 atom stereocenters. The van der Waals surface area contributed by atoms with Gasteiger partial charge in [0, 0.05) is 44.2 Å². The van der Waals surface area contributed by atoms with E-state index < -0.39 is 0 Å². The summed E-state index contributed by atoms with van der Waals surface area (Å²) in [4.78, 5) is 13.0. The molecule has 1 saturated heterocycles. The molecule has 2 N–H and O–H groups in total. The van der Waals surface area contributed by atoms with Crippen LogP contribution in [0.25, 0.3) is 0 Å². The average Bonchev–Trinajstić information content (AvgIpc) is 3.41. The molecule has 6 heteroatoms. The van der Waals surface area contributed by atoms with Crippen molar-refractivity contribution in [3.05, 3.63) is 53.6 Å². The van der Waals surface area contributed by atoms with Gasteiger partial charge in [-0.1, -0.05) is 25.0 Å². The highest BCUT2D eigenvalue weighted by molar-refractivity contribution is 5.80. The van der Waals surface area contributed by atoms with Gasteiger partial charge in [-0.25, -0.2) is 4.39 Å². The van der Waals surface area contributed by atoms with E-state index in [4.69, 9.17) is 0 Å². The van der Waals surface area contributed by atoms with Crippen LogP contribution in [0.2, 0.25) is 0 Å². The van der Waals surface area contributed by atoms with Crippen molar-refractivity contribution in [3.63, 3.8) is 0 Å². The van der Waals surface area contributed by atoms with Crippen LogP contribution >= 0.6 is 0 Å². The van der Waals surface area contributed by atoms with E-state index >= 15 is 0 Å². The third-order valence-electron chi connectivity index (χ3n) is 6.32. The summed E-state index contributed by atoms with van der Waals surface area (Å²) in [7, 11) is 1.90. The zero-order valence-electron chi connectivity index (χ0n) is 15.7. The van der Waals surface area contributed by atoms with Crippen molar-refractivity contribution >= 4 is 5.91 Å². The fourth-order valence-electron chi connectivity index (χ4n) is 4.75. The quantitative estimate of drug-likeness (QED) is 0.850. The molecule has 1 saturated carbocycles. The van der Waals surface area contributed by atoms with E-state index in [1.165, 1.54) is 12.1 Å². The lowest BCUT2D eigenvalue weighted by molar-refractivity contribution is -0.125. The van der Waals surface area contributed by atoms with E-state index in [2.05, 4.69) is 15.7 Å². The Balaban J connectivity index is 1.46. The van der Waals surface area contributed by atoms with Gasteiger partial charge in [0.2, 0.25) is 5.91 Å². The highest BCUT2D eigenvalue weighted by atomic mass is 19.1. The van der Waals surface area contributed by atoms with Crippen molar-refractivity contribution in [2.45, 2.75) is 37.0 Å². The lowest BCUT2D eigenvalue weighted by Gasteiger charge is -2.31. The molecule has 2 fully saturated rings. The Kier molecular flexibility index (Phi) is 5.00. The highest BCUT2D eigenvalue weighted by Gasteiger charge is 2.39. The first-order valence-electron chi connectivity index (χ1n) is 9.80. The van der Waals surface area contributed by atoms with Crippen LogP contribution in [0.4, 0.5) is 4.39 Å². The lowest BCUT2D eigenvalue weighted by Crippen LogP contribution is -2.42. The van der Waals surface area contributed by atoms with Gasteiger partial charge in [-0.2, -0.15) is 5.10 Å². The summed E-state index contributed by atoms with van der Waals surface area (Å²) in [6.07, 6.45) is 8.22. The second kappa shape index (κ2) is 7.43. The smallest absolute Gasteiger partial charge is 0.225 e. The van der Waals surface area contributed by atoms with Crippen molar-refractivity contribution < 1.29 is 9.18 Å². The Morgan fingerprint density at radius 3 is 2.70 bits per heavy atom. The summed E-state index contributed by atoms with van der Waals surface area (Å²) in [5, 5.41) is 10.8. The Hall–Kier alpha value is -2.21. The SMILES string of the molecule is Cn1cc([C@H]2CNC[C@@H]2C(=O)NCC2(c3ccc(F)cc3)CCCC2)cn1. The van der Waals surface area contributed by atoms with E-state index in [9.17, 15) is 9.18 Å². The predicted molar refractivity (Wildman–Crippen MR) is 102 cm³/mol. The monoisotopic (exact) mass is 370 g/mol. The minimum absolute atomic E-state index is 0.0702. The molecule has 0 unspecified atom stereocenters. The topological polar surface area (TPSA) is 59.0 Å². The molecule has 27 heavy (non-hydrogen) atoms. The Bertz CT molecular complexity index is 795. The van der Waals surface area contributed by atoms with Crippen LogP contribution in [0.15, 0.2) is 36.7 Å². The maximum absolute atomic E-state index is 13.3. The van der Waals surface area contributed by atoms with Gasteiger partial charge in [-0.05, 0) is 36.1 Å². The second-order valence-corrected chi connectivity index (χ2v) is 8.03. The number of carbonyl (C=O) groups excluding carboxylic acids is 1. The molecule has 1 aliphatic carbocycles. The molecule has 0 spiro atoms. The number of aryl methyl sites for hydroxylation is 1. The van der Waals surface area contributed by atoms with E-state index in [1.54, 1.807) is 4.68 Å². The molecular weight excluding hydrogens is 343 g/mol. The lowest BCUT2D eigenvalue weighted by atomic mass is 9.78. The van der Waals surface area contributed by atoms with Crippen LogP contribution in [-0.4, -0.2) is 35.3 Å². The first kappa shape index (κ1) is 18.2. The maximum atomic E-state index is 13.3. The first-order chi connectivity index (χ1) is 13.1. The Labute approximate surface area is 159 Å². The van der Waals surface area contributed by atoms with Gasteiger partial charge in [0.15, 0.2) is 0 Å². The van der Waals surface area contributed by atoms with Gasteiger partial charge >= 0.3 is 0 Å². The van der Waals surface area contributed by atoms with E-state index in [0.717, 1.165) is 43.4 Å². The summed E-state index contributed by atoms with van der Waals surface area (Å²) in [6.45, 7) is 2.11. The number of hydrogen-bond donors (Lipinski definition) is 2. The fraction of sp³-hybridized carbons (Fsp3) is 0.524. The zero-order valence-corrected chi connectivity index (χ0v) is 15.7. The number of nitrogens with one attached hydrogen (secondary N) is 2. The average molecular weight is 370 g/mol. The highest BCUT2D eigenvalue weighted by Crippen LogP contribution is 2.41. The number of carbonyl (C=O) groups is 1. The van der Waals surface area contributed by atoms with Crippen molar-refractivity contribution in [2.75, 3.05) is 19.6 Å². The normalized spacial score (nSPS) is 24.2. The third kappa shape index (κ3) is 3.63. The minimum atomic E-state index is -0.215.